The maximum atomic E-state index is 5.99. The minimum Gasteiger partial charge on any atom is -0.377 e. The second-order valence-electron chi connectivity index (χ2n) is 10.7. The maximum Gasteiger partial charge on any atom is 0.141 e. The SMILES string of the molecule is Cc1noc(C)c1-c1ccc2nc(C3CCc4c(ncn4C)C3)nc(N3CCOCC3c3ccccc3)c2c1. The summed E-state index contributed by atoms with van der Waals surface area (Å²) >= 11 is 0. The van der Waals surface area contributed by atoms with E-state index in [0.29, 0.717) is 13.2 Å². The Labute approximate surface area is 227 Å². The van der Waals surface area contributed by atoms with Crippen LogP contribution in [0.1, 0.15) is 52.6 Å². The van der Waals surface area contributed by atoms with Crippen LogP contribution in [0.25, 0.3) is 22.0 Å². The van der Waals surface area contributed by atoms with Crippen LogP contribution in [0.3, 0.4) is 0 Å². The number of hydrogen-bond donors (Lipinski definition) is 0. The van der Waals surface area contributed by atoms with Gasteiger partial charge in [0.2, 0.25) is 0 Å². The van der Waals surface area contributed by atoms with Gasteiger partial charge in [0.15, 0.2) is 0 Å². The second kappa shape index (κ2) is 9.61. The predicted molar refractivity (Wildman–Crippen MR) is 150 cm³/mol. The number of nitrogens with zero attached hydrogens (tertiary/aromatic N) is 6. The fourth-order valence-electron chi connectivity index (χ4n) is 6.25. The van der Waals surface area contributed by atoms with Crippen molar-refractivity contribution in [1.29, 1.82) is 0 Å². The van der Waals surface area contributed by atoms with Crippen molar-refractivity contribution in [1.82, 2.24) is 24.7 Å². The predicted octanol–water partition coefficient (Wildman–Crippen LogP) is 5.49. The van der Waals surface area contributed by atoms with Crippen LogP contribution in [0.5, 0.6) is 0 Å². The molecule has 0 spiro atoms. The standard InChI is InChI=1S/C31H32N6O2/c1-19-29(20(2)39-35-19)22-9-11-25-24(15-22)31(37-13-14-38-17-28(37)21-7-5-4-6-8-21)34-30(33-25)23-10-12-27-26(16-23)32-18-36(27)3/h4-9,11,15,18,23,28H,10,12-14,16-17H2,1-3H3. The summed E-state index contributed by atoms with van der Waals surface area (Å²) in [5.41, 5.74) is 7.65. The van der Waals surface area contributed by atoms with Crippen LogP contribution in [0.15, 0.2) is 59.4 Å². The highest BCUT2D eigenvalue weighted by Crippen LogP contribution is 2.39. The summed E-state index contributed by atoms with van der Waals surface area (Å²) in [7, 11) is 2.08. The van der Waals surface area contributed by atoms with Gasteiger partial charge in [-0.2, -0.15) is 0 Å². The first-order chi connectivity index (χ1) is 19.1. The van der Waals surface area contributed by atoms with E-state index in [4.69, 9.17) is 19.2 Å². The van der Waals surface area contributed by atoms with Crippen LogP contribution in [0.2, 0.25) is 0 Å². The molecule has 2 aromatic carbocycles. The quantitative estimate of drug-likeness (QED) is 0.310. The molecule has 7 rings (SSSR count). The molecule has 2 atom stereocenters. The largest absolute Gasteiger partial charge is 0.377 e. The van der Waals surface area contributed by atoms with Gasteiger partial charge in [0, 0.05) is 42.6 Å². The third kappa shape index (κ3) is 4.19. The first kappa shape index (κ1) is 24.0. The van der Waals surface area contributed by atoms with E-state index in [0.717, 1.165) is 70.9 Å². The molecular formula is C31H32N6O2. The zero-order valence-corrected chi connectivity index (χ0v) is 22.6. The Morgan fingerprint density at radius 3 is 2.72 bits per heavy atom. The molecule has 0 bridgehead atoms. The minimum atomic E-state index is 0.0716. The number of aryl methyl sites for hydroxylation is 3. The minimum absolute atomic E-state index is 0.0716. The van der Waals surface area contributed by atoms with E-state index in [2.05, 4.69) is 75.2 Å². The van der Waals surface area contributed by atoms with Crippen LogP contribution in [-0.2, 0) is 24.6 Å². The zero-order chi connectivity index (χ0) is 26.5. The fourth-order valence-corrected chi connectivity index (χ4v) is 6.25. The van der Waals surface area contributed by atoms with Gasteiger partial charge in [-0.15, -0.1) is 0 Å². The molecule has 5 aromatic rings. The van der Waals surface area contributed by atoms with Crippen molar-refractivity contribution in [2.24, 2.45) is 7.05 Å². The monoisotopic (exact) mass is 520 g/mol. The summed E-state index contributed by atoms with van der Waals surface area (Å²) < 4.78 is 13.6. The lowest BCUT2D eigenvalue weighted by Crippen LogP contribution is -2.40. The summed E-state index contributed by atoms with van der Waals surface area (Å²) in [5, 5.41) is 5.23. The molecule has 1 fully saturated rings. The number of imidazole rings is 1. The summed E-state index contributed by atoms with van der Waals surface area (Å²) in [6.45, 7) is 5.99. The van der Waals surface area contributed by atoms with Gasteiger partial charge in [-0.1, -0.05) is 41.6 Å². The summed E-state index contributed by atoms with van der Waals surface area (Å²) in [5.74, 6) is 2.91. The molecule has 8 nitrogen and oxygen atoms in total. The number of benzene rings is 2. The molecule has 0 radical (unpaired) electrons. The Bertz CT molecular complexity index is 1640. The summed E-state index contributed by atoms with van der Waals surface area (Å²) in [6.07, 6.45) is 4.79. The third-order valence-electron chi connectivity index (χ3n) is 8.28. The van der Waals surface area contributed by atoms with Crippen molar-refractivity contribution >= 4 is 16.7 Å². The summed E-state index contributed by atoms with van der Waals surface area (Å²) in [6, 6.07) is 17.1. The van der Waals surface area contributed by atoms with E-state index in [1.54, 1.807) is 0 Å². The van der Waals surface area contributed by atoms with E-state index < -0.39 is 0 Å². The zero-order valence-electron chi connectivity index (χ0n) is 22.6. The Morgan fingerprint density at radius 2 is 1.90 bits per heavy atom. The van der Waals surface area contributed by atoms with Gasteiger partial charge in [-0.3, -0.25) is 0 Å². The van der Waals surface area contributed by atoms with Gasteiger partial charge < -0.3 is 18.7 Å². The highest BCUT2D eigenvalue weighted by molar-refractivity contribution is 5.93. The lowest BCUT2D eigenvalue weighted by Gasteiger charge is -2.37. The first-order valence-electron chi connectivity index (χ1n) is 13.7. The number of aromatic nitrogens is 5. The van der Waals surface area contributed by atoms with Crippen LogP contribution in [-0.4, -0.2) is 44.4 Å². The van der Waals surface area contributed by atoms with Crippen molar-refractivity contribution in [3.05, 3.63) is 89.1 Å². The molecule has 2 unspecified atom stereocenters. The van der Waals surface area contributed by atoms with E-state index in [1.807, 2.05) is 20.2 Å². The average Bonchev–Trinajstić information content (AvgIpc) is 3.52. The van der Waals surface area contributed by atoms with E-state index in [-0.39, 0.29) is 12.0 Å². The van der Waals surface area contributed by atoms with Gasteiger partial charge >= 0.3 is 0 Å². The van der Waals surface area contributed by atoms with Gasteiger partial charge in [-0.25, -0.2) is 15.0 Å². The molecule has 198 valence electrons. The van der Waals surface area contributed by atoms with Crippen LogP contribution in [0.4, 0.5) is 5.82 Å². The topological polar surface area (TPSA) is 82.1 Å². The fraction of sp³-hybridized carbons (Fsp3) is 0.355. The molecule has 0 saturated carbocycles. The lowest BCUT2D eigenvalue weighted by atomic mass is 9.89. The van der Waals surface area contributed by atoms with E-state index >= 15 is 0 Å². The van der Waals surface area contributed by atoms with Gasteiger partial charge in [0.1, 0.15) is 17.4 Å². The number of fused-ring (bicyclic) bond motifs is 2. The molecule has 4 heterocycles. The van der Waals surface area contributed by atoms with Crippen LogP contribution < -0.4 is 4.90 Å². The molecular weight excluding hydrogens is 488 g/mol. The van der Waals surface area contributed by atoms with Gasteiger partial charge in [0.25, 0.3) is 0 Å². The molecule has 0 amide bonds. The van der Waals surface area contributed by atoms with Gasteiger partial charge in [-0.05, 0) is 49.9 Å². The average molecular weight is 521 g/mol. The van der Waals surface area contributed by atoms with Gasteiger partial charge in [0.05, 0.1) is 42.5 Å². The molecule has 3 aromatic heterocycles. The van der Waals surface area contributed by atoms with Crippen molar-refractivity contribution < 1.29 is 9.26 Å². The maximum absolute atomic E-state index is 5.99. The first-order valence-corrected chi connectivity index (χ1v) is 13.7. The summed E-state index contributed by atoms with van der Waals surface area (Å²) in [4.78, 5) is 17.6. The molecule has 2 aliphatic rings. The van der Waals surface area contributed by atoms with E-state index in [1.165, 1.54) is 17.0 Å². The van der Waals surface area contributed by atoms with Crippen LogP contribution >= 0.6 is 0 Å². The second-order valence-corrected chi connectivity index (χ2v) is 10.7. The van der Waals surface area contributed by atoms with Crippen molar-refractivity contribution in [2.75, 3.05) is 24.7 Å². The molecule has 8 heteroatoms. The van der Waals surface area contributed by atoms with Crippen LogP contribution in [0, 0.1) is 13.8 Å². The van der Waals surface area contributed by atoms with Crippen molar-refractivity contribution in [3.63, 3.8) is 0 Å². The number of rotatable bonds is 4. The lowest BCUT2D eigenvalue weighted by molar-refractivity contribution is 0.0938. The highest BCUT2D eigenvalue weighted by Gasteiger charge is 2.31. The van der Waals surface area contributed by atoms with E-state index in [9.17, 15) is 0 Å². The number of ether oxygens (including phenoxy) is 1. The molecule has 1 saturated heterocycles. The normalized spacial score (nSPS) is 19.4. The Kier molecular flexibility index (Phi) is 5.92. The molecule has 1 aliphatic carbocycles. The van der Waals surface area contributed by atoms with Crippen molar-refractivity contribution in [3.8, 4) is 11.1 Å². The Hall–Kier alpha value is -4.04. The number of hydrogen-bond acceptors (Lipinski definition) is 7. The molecule has 39 heavy (non-hydrogen) atoms. The molecule has 0 N–H and O–H groups in total. The Balaban J connectivity index is 1.39. The Morgan fingerprint density at radius 1 is 1.03 bits per heavy atom. The third-order valence-corrected chi connectivity index (χ3v) is 8.28. The number of anilines is 1. The smallest absolute Gasteiger partial charge is 0.141 e. The van der Waals surface area contributed by atoms with Crippen molar-refractivity contribution in [2.45, 2.75) is 45.1 Å². The number of morpholine rings is 1. The molecule has 1 aliphatic heterocycles. The highest BCUT2D eigenvalue weighted by atomic mass is 16.5.